The number of hydrogen-bond donors (Lipinski definition) is 2. The Bertz CT molecular complexity index is 848. The summed E-state index contributed by atoms with van der Waals surface area (Å²) < 4.78 is 5.74. The molecule has 2 N–H and O–H groups in total. The summed E-state index contributed by atoms with van der Waals surface area (Å²) in [5, 5.41) is 10.7. The number of nitrogens with zero attached hydrogens (tertiary/aromatic N) is 2. The molecule has 0 bridgehead atoms. The van der Waals surface area contributed by atoms with Crippen molar-refractivity contribution < 1.29 is 14.6 Å². The summed E-state index contributed by atoms with van der Waals surface area (Å²) in [4.78, 5) is 32.1. The number of hydrogen-bond acceptors (Lipinski definition) is 5. The first-order chi connectivity index (χ1) is 11.9. The normalized spacial score (nSPS) is 19.9. The average Bonchev–Trinajstić information content (AvgIpc) is 2.95. The first kappa shape index (κ1) is 17.2. The van der Waals surface area contributed by atoms with Crippen LogP contribution in [0.2, 0.25) is 0 Å². The van der Waals surface area contributed by atoms with Crippen LogP contribution in [-0.2, 0) is 0 Å². The second kappa shape index (κ2) is 6.68. The number of carbonyl (C=O) groups is 1. The SMILES string of the molecule is Cc1nc(C(=O)N2CC[C@@](O)(COc3ccccc3C)C2)cc(=O)[nH]1. The highest BCUT2D eigenvalue weighted by Crippen LogP contribution is 2.25. The first-order valence-corrected chi connectivity index (χ1v) is 8.14. The molecule has 0 radical (unpaired) electrons. The number of aliphatic hydroxyl groups is 1. The van der Waals surface area contributed by atoms with Crippen molar-refractivity contribution >= 4 is 5.91 Å². The van der Waals surface area contributed by atoms with Gasteiger partial charge in [0.2, 0.25) is 0 Å². The van der Waals surface area contributed by atoms with Crippen LogP contribution in [0.4, 0.5) is 0 Å². The lowest BCUT2D eigenvalue weighted by Crippen LogP contribution is -2.41. The number of amides is 1. The molecule has 1 aliphatic rings. The summed E-state index contributed by atoms with van der Waals surface area (Å²) in [6.07, 6.45) is 0.410. The minimum atomic E-state index is -1.12. The zero-order valence-corrected chi connectivity index (χ0v) is 14.3. The Morgan fingerprint density at radius 2 is 2.16 bits per heavy atom. The van der Waals surface area contributed by atoms with Gasteiger partial charge in [0, 0.05) is 12.6 Å². The maximum absolute atomic E-state index is 12.5. The van der Waals surface area contributed by atoms with Crippen molar-refractivity contribution in [3.05, 3.63) is 57.8 Å². The van der Waals surface area contributed by atoms with E-state index >= 15 is 0 Å². The van der Waals surface area contributed by atoms with Crippen molar-refractivity contribution in [1.82, 2.24) is 14.9 Å². The Balaban J connectivity index is 1.66. The standard InChI is InChI=1S/C18H21N3O4/c1-12-5-3-4-6-15(12)25-11-18(24)7-8-21(10-18)17(23)14-9-16(22)20-13(2)19-14/h3-6,9,24H,7-8,10-11H2,1-2H3,(H,19,20,22)/t18-/m0/s1. The largest absolute Gasteiger partial charge is 0.490 e. The molecule has 0 unspecified atom stereocenters. The molecule has 7 heteroatoms. The minimum Gasteiger partial charge on any atom is -0.490 e. The lowest BCUT2D eigenvalue weighted by molar-refractivity contribution is 0.00407. The van der Waals surface area contributed by atoms with Crippen LogP contribution >= 0.6 is 0 Å². The number of para-hydroxylation sites is 1. The van der Waals surface area contributed by atoms with E-state index in [1.165, 1.54) is 11.0 Å². The molecule has 25 heavy (non-hydrogen) atoms. The van der Waals surface area contributed by atoms with E-state index in [0.29, 0.717) is 24.5 Å². The van der Waals surface area contributed by atoms with Crippen molar-refractivity contribution in [3.8, 4) is 5.75 Å². The number of carbonyl (C=O) groups excluding carboxylic acids is 1. The zero-order chi connectivity index (χ0) is 18.0. The molecule has 0 saturated carbocycles. The van der Waals surface area contributed by atoms with Crippen LogP contribution < -0.4 is 10.3 Å². The van der Waals surface area contributed by atoms with Crippen molar-refractivity contribution in [2.24, 2.45) is 0 Å². The van der Waals surface area contributed by atoms with E-state index < -0.39 is 5.60 Å². The van der Waals surface area contributed by atoms with Crippen molar-refractivity contribution in [3.63, 3.8) is 0 Å². The molecule has 1 atom stereocenters. The quantitative estimate of drug-likeness (QED) is 0.865. The molecule has 3 rings (SSSR count). The maximum atomic E-state index is 12.5. The summed E-state index contributed by atoms with van der Waals surface area (Å²) >= 11 is 0. The number of nitrogens with one attached hydrogen (secondary N) is 1. The molecule has 1 saturated heterocycles. The number of H-pyrrole nitrogens is 1. The van der Waals surface area contributed by atoms with Gasteiger partial charge in [-0.15, -0.1) is 0 Å². The second-order valence-electron chi connectivity index (χ2n) is 6.47. The summed E-state index contributed by atoms with van der Waals surface area (Å²) in [5.74, 6) is 0.738. The molecular formula is C18H21N3O4. The molecule has 132 valence electrons. The molecule has 1 aromatic carbocycles. The third kappa shape index (κ3) is 3.88. The number of likely N-dealkylation sites (tertiary alicyclic amines) is 1. The fourth-order valence-electron chi connectivity index (χ4n) is 2.93. The number of benzene rings is 1. The van der Waals surface area contributed by atoms with Gasteiger partial charge in [0.05, 0.1) is 6.54 Å². The third-order valence-electron chi connectivity index (χ3n) is 4.29. The van der Waals surface area contributed by atoms with E-state index in [4.69, 9.17) is 4.74 Å². The maximum Gasteiger partial charge on any atom is 0.272 e. The van der Waals surface area contributed by atoms with E-state index in [-0.39, 0.29) is 30.3 Å². The molecule has 2 heterocycles. The van der Waals surface area contributed by atoms with Gasteiger partial charge < -0.3 is 19.7 Å². The van der Waals surface area contributed by atoms with Gasteiger partial charge in [-0.25, -0.2) is 4.98 Å². The number of aromatic amines is 1. The lowest BCUT2D eigenvalue weighted by Gasteiger charge is -2.24. The number of aromatic nitrogens is 2. The highest BCUT2D eigenvalue weighted by atomic mass is 16.5. The van der Waals surface area contributed by atoms with Crippen molar-refractivity contribution in [2.75, 3.05) is 19.7 Å². The van der Waals surface area contributed by atoms with E-state index in [0.717, 1.165) is 5.56 Å². The second-order valence-corrected chi connectivity index (χ2v) is 6.47. The van der Waals surface area contributed by atoms with Crippen LogP contribution in [0.5, 0.6) is 5.75 Å². The van der Waals surface area contributed by atoms with Gasteiger partial charge in [-0.05, 0) is 31.9 Å². The van der Waals surface area contributed by atoms with Gasteiger partial charge in [-0.1, -0.05) is 18.2 Å². The number of ether oxygens (including phenoxy) is 1. The minimum absolute atomic E-state index is 0.0883. The predicted molar refractivity (Wildman–Crippen MR) is 91.7 cm³/mol. The number of β-amino-alcohol motifs (C(OH)–C–C–N with tert-alkyl or cyclic N) is 1. The first-order valence-electron chi connectivity index (χ1n) is 8.14. The lowest BCUT2D eigenvalue weighted by atomic mass is 10.1. The molecule has 1 aliphatic heterocycles. The molecule has 2 aromatic rings. The van der Waals surface area contributed by atoms with Crippen LogP contribution in [0.15, 0.2) is 35.1 Å². The fourth-order valence-corrected chi connectivity index (χ4v) is 2.93. The Kier molecular flexibility index (Phi) is 4.59. The van der Waals surface area contributed by atoms with Gasteiger partial charge in [-0.3, -0.25) is 9.59 Å². The topological polar surface area (TPSA) is 95.5 Å². The molecule has 0 spiro atoms. The van der Waals surface area contributed by atoms with E-state index in [1.807, 2.05) is 31.2 Å². The Labute approximate surface area is 145 Å². The summed E-state index contributed by atoms with van der Waals surface area (Å²) in [6, 6.07) is 8.75. The van der Waals surface area contributed by atoms with Crippen LogP contribution in [0, 0.1) is 13.8 Å². The van der Waals surface area contributed by atoms with Crippen LogP contribution in [-0.4, -0.2) is 51.2 Å². The van der Waals surface area contributed by atoms with E-state index in [1.54, 1.807) is 6.92 Å². The number of aryl methyl sites for hydroxylation is 2. The highest BCUT2D eigenvalue weighted by Gasteiger charge is 2.39. The third-order valence-corrected chi connectivity index (χ3v) is 4.29. The van der Waals surface area contributed by atoms with Crippen LogP contribution in [0.25, 0.3) is 0 Å². The summed E-state index contributed by atoms with van der Waals surface area (Å²) in [6.45, 7) is 4.19. The molecule has 1 fully saturated rings. The van der Waals surface area contributed by atoms with Crippen molar-refractivity contribution in [1.29, 1.82) is 0 Å². The van der Waals surface area contributed by atoms with Gasteiger partial charge in [0.15, 0.2) is 0 Å². The van der Waals surface area contributed by atoms with Crippen molar-refractivity contribution in [2.45, 2.75) is 25.9 Å². The Hall–Kier alpha value is -2.67. The van der Waals surface area contributed by atoms with Crippen LogP contribution in [0.3, 0.4) is 0 Å². The smallest absolute Gasteiger partial charge is 0.272 e. The fraction of sp³-hybridized carbons (Fsp3) is 0.389. The van der Waals surface area contributed by atoms with E-state index in [2.05, 4.69) is 9.97 Å². The molecule has 7 nitrogen and oxygen atoms in total. The monoisotopic (exact) mass is 343 g/mol. The molecular weight excluding hydrogens is 322 g/mol. The summed E-state index contributed by atoms with van der Waals surface area (Å²) in [7, 11) is 0. The number of rotatable bonds is 4. The van der Waals surface area contributed by atoms with Gasteiger partial charge in [0.25, 0.3) is 11.5 Å². The zero-order valence-electron chi connectivity index (χ0n) is 14.3. The average molecular weight is 343 g/mol. The Morgan fingerprint density at radius 1 is 1.40 bits per heavy atom. The highest BCUT2D eigenvalue weighted by molar-refractivity contribution is 5.92. The van der Waals surface area contributed by atoms with E-state index in [9.17, 15) is 14.7 Å². The molecule has 1 aromatic heterocycles. The summed E-state index contributed by atoms with van der Waals surface area (Å²) in [5.41, 5.74) is -0.410. The van der Waals surface area contributed by atoms with Crippen LogP contribution in [0.1, 0.15) is 28.3 Å². The predicted octanol–water partition coefficient (Wildman–Crippen LogP) is 1.04. The van der Waals surface area contributed by atoms with Gasteiger partial charge in [-0.2, -0.15) is 0 Å². The molecule has 0 aliphatic carbocycles. The van der Waals surface area contributed by atoms with Gasteiger partial charge in [0.1, 0.15) is 29.5 Å². The van der Waals surface area contributed by atoms with Gasteiger partial charge >= 0.3 is 0 Å². The Morgan fingerprint density at radius 3 is 2.88 bits per heavy atom. The molecule has 1 amide bonds.